The number of ether oxygens (including phenoxy) is 7. The van der Waals surface area contributed by atoms with Crippen molar-refractivity contribution in [3.05, 3.63) is 88.9 Å². The Labute approximate surface area is 348 Å². The summed E-state index contributed by atoms with van der Waals surface area (Å²) in [6, 6.07) is 26.9. The molecule has 2 aliphatic carbocycles. The summed E-state index contributed by atoms with van der Waals surface area (Å²) in [5.74, 6) is -2.42. The fourth-order valence-electron chi connectivity index (χ4n) is 9.39. The highest BCUT2D eigenvalue weighted by atomic mass is 35.5. The first-order valence-corrected chi connectivity index (χ1v) is 22.3. The number of piperidine rings is 1. The van der Waals surface area contributed by atoms with Crippen LogP contribution in [0.5, 0.6) is 11.5 Å². The molecule has 0 amide bonds. The van der Waals surface area contributed by atoms with Crippen LogP contribution in [0, 0.1) is 22.7 Å². The van der Waals surface area contributed by atoms with Crippen molar-refractivity contribution in [1.29, 1.82) is 10.5 Å². The van der Waals surface area contributed by atoms with Gasteiger partial charge in [-0.1, -0.05) is 35.9 Å². The van der Waals surface area contributed by atoms with Crippen LogP contribution in [0.1, 0.15) is 69.4 Å². The van der Waals surface area contributed by atoms with Gasteiger partial charge in [-0.05, 0) is 68.3 Å². The lowest BCUT2D eigenvalue weighted by molar-refractivity contribution is -0.308. The van der Waals surface area contributed by atoms with E-state index in [-0.39, 0.29) is 26.1 Å². The van der Waals surface area contributed by atoms with E-state index in [0.717, 1.165) is 18.5 Å². The van der Waals surface area contributed by atoms with Gasteiger partial charge in [-0.25, -0.2) is 4.57 Å². The number of phosphoric ester groups is 1. The van der Waals surface area contributed by atoms with Crippen molar-refractivity contribution in [2.24, 2.45) is 0 Å². The molecular weight excluding hydrogens is 801 g/mol. The summed E-state index contributed by atoms with van der Waals surface area (Å²) in [5, 5.41) is 19.3. The third kappa shape index (κ3) is 7.69. The second-order valence-corrected chi connectivity index (χ2v) is 17.6. The summed E-state index contributed by atoms with van der Waals surface area (Å²) in [4.78, 5) is 2.25. The van der Waals surface area contributed by atoms with E-state index >= 15 is 0 Å². The van der Waals surface area contributed by atoms with Gasteiger partial charge in [0.05, 0.1) is 49.3 Å². The lowest BCUT2D eigenvalue weighted by Crippen LogP contribution is -2.65. The van der Waals surface area contributed by atoms with Crippen LogP contribution in [0.3, 0.4) is 0 Å². The number of nitrogens with zero attached hydrogens (tertiary/aromatic N) is 3. The Bertz CT molecular complexity index is 2050. The van der Waals surface area contributed by atoms with Crippen LogP contribution < -0.4 is 9.64 Å². The number of para-hydroxylation sites is 2. The average molecular weight is 848 g/mol. The third-order valence-corrected chi connectivity index (χ3v) is 13.7. The average Bonchev–Trinajstić information content (AvgIpc) is 3.98. The van der Waals surface area contributed by atoms with E-state index in [2.05, 4.69) is 4.90 Å². The Morgan fingerprint density at radius 3 is 1.93 bits per heavy atom. The molecule has 3 saturated heterocycles. The molecule has 4 aliphatic heterocycles. The zero-order valence-electron chi connectivity index (χ0n) is 32.7. The van der Waals surface area contributed by atoms with Gasteiger partial charge < -0.3 is 38.1 Å². The van der Waals surface area contributed by atoms with Crippen LogP contribution in [0.15, 0.2) is 72.8 Å². The number of halogens is 1. The normalized spacial score (nSPS) is 28.2. The summed E-state index contributed by atoms with van der Waals surface area (Å²) < 4.78 is 81.8. The van der Waals surface area contributed by atoms with Crippen molar-refractivity contribution in [3.63, 3.8) is 0 Å². The summed E-state index contributed by atoms with van der Waals surface area (Å²) in [6.45, 7) is 2.97. The largest absolute Gasteiger partial charge is 0.475 e. The first-order chi connectivity index (χ1) is 28.7. The monoisotopic (exact) mass is 847 g/mol. The van der Waals surface area contributed by atoms with Crippen LogP contribution >= 0.6 is 19.4 Å². The molecule has 312 valence electrons. The van der Waals surface area contributed by atoms with E-state index in [1.54, 1.807) is 0 Å². The minimum absolute atomic E-state index is 0.0725. The Kier molecular flexibility index (Phi) is 11.5. The molecule has 16 heteroatoms. The number of nitriles is 2. The minimum Gasteiger partial charge on any atom is -0.456 e. The molecule has 2 saturated carbocycles. The first kappa shape index (κ1) is 40.8. The van der Waals surface area contributed by atoms with E-state index in [1.807, 2.05) is 91.9 Å². The maximum atomic E-state index is 14.7. The molecule has 3 aromatic rings. The molecule has 2 spiro atoms. The number of anilines is 1. The molecule has 0 unspecified atom stereocenters. The number of hydrogen-bond donors (Lipinski definition) is 0. The van der Waals surface area contributed by atoms with Crippen molar-refractivity contribution in [2.45, 2.75) is 112 Å². The van der Waals surface area contributed by atoms with Crippen molar-refractivity contribution < 1.29 is 51.3 Å². The highest BCUT2D eigenvalue weighted by Crippen LogP contribution is 2.61. The SMILES string of the molecule is CCOC1(O[C@@H]2[C@H]3OC4(O[C@@H]3[C@H]3OC5(CCCC5)O[C@H]3[C@H]2OP(=O)(OCCC#N)OCCC#N)c2ccccc2Oc2ccccc24)CCN(c2ccc(Cl)cc2)CC1. The minimum atomic E-state index is -4.50. The zero-order valence-corrected chi connectivity index (χ0v) is 34.4. The van der Waals surface area contributed by atoms with E-state index in [1.165, 1.54) is 0 Å². The molecule has 0 radical (unpaired) electrons. The summed E-state index contributed by atoms with van der Waals surface area (Å²) >= 11 is 6.22. The predicted octanol–water partition coefficient (Wildman–Crippen LogP) is 8.27. The Hall–Kier alpha value is -3.60. The number of fused-ring (bicyclic) bond motifs is 7. The van der Waals surface area contributed by atoms with Crippen molar-refractivity contribution in [3.8, 4) is 23.6 Å². The summed E-state index contributed by atoms with van der Waals surface area (Å²) in [5.41, 5.74) is 2.35. The lowest BCUT2D eigenvalue weighted by atomic mass is 9.84. The smallest absolute Gasteiger partial charge is 0.456 e. The van der Waals surface area contributed by atoms with Gasteiger partial charge in [0.15, 0.2) is 11.6 Å². The predicted molar refractivity (Wildman–Crippen MR) is 211 cm³/mol. The van der Waals surface area contributed by atoms with E-state index < -0.39 is 61.8 Å². The van der Waals surface area contributed by atoms with E-state index in [0.29, 0.717) is 73.0 Å². The van der Waals surface area contributed by atoms with Crippen molar-refractivity contribution in [2.75, 3.05) is 37.8 Å². The van der Waals surface area contributed by atoms with Gasteiger partial charge in [-0.3, -0.25) is 13.6 Å². The number of hydrogen-bond acceptors (Lipinski definition) is 14. The first-order valence-electron chi connectivity index (χ1n) is 20.4. The van der Waals surface area contributed by atoms with Gasteiger partial charge >= 0.3 is 7.82 Å². The van der Waals surface area contributed by atoms with Crippen LogP contribution in [0.2, 0.25) is 5.02 Å². The Morgan fingerprint density at radius 2 is 1.32 bits per heavy atom. The Morgan fingerprint density at radius 1 is 0.763 bits per heavy atom. The van der Waals surface area contributed by atoms with Gasteiger partial charge in [0.2, 0.25) is 5.79 Å². The van der Waals surface area contributed by atoms with Gasteiger partial charge in [-0.15, -0.1) is 0 Å². The van der Waals surface area contributed by atoms with Crippen molar-refractivity contribution in [1.82, 2.24) is 0 Å². The fourth-order valence-corrected chi connectivity index (χ4v) is 10.9. The van der Waals surface area contributed by atoms with Crippen LogP contribution in [0.4, 0.5) is 5.69 Å². The summed E-state index contributed by atoms with van der Waals surface area (Å²) in [7, 11) is -4.50. The molecule has 6 atom stereocenters. The molecule has 0 aromatic heterocycles. The van der Waals surface area contributed by atoms with Crippen LogP contribution in [0.25, 0.3) is 0 Å². The third-order valence-electron chi connectivity index (χ3n) is 12.0. The number of phosphoric acid groups is 1. The molecule has 5 fully saturated rings. The van der Waals surface area contributed by atoms with Crippen LogP contribution in [-0.2, 0) is 52.3 Å². The topological polar surface area (TPSA) is 160 Å². The maximum Gasteiger partial charge on any atom is 0.475 e. The van der Waals surface area contributed by atoms with Crippen molar-refractivity contribution >= 4 is 25.1 Å². The molecule has 4 heterocycles. The van der Waals surface area contributed by atoms with Gasteiger partial charge in [-0.2, -0.15) is 10.5 Å². The van der Waals surface area contributed by atoms with Gasteiger partial charge in [0.25, 0.3) is 0 Å². The lowest BCUT2D eigenvalue weighted by Gasteiger charge is -2.49. The van der Waals surface area contributed by atoms with E-state index in [9.17, 15) is 15.1 Å². The number of rotatable bonds is 13. The number of benzene rings is 3. The molecule has 9 rings (SSSR count). The van der Waals surface area contributed by atoms with E-state index in [4.69, 9.17) is 58.3 Å². The summed E-state index contributed by atoms with van der Waals surface area (Å²) in [6.07, 6.45) is -1.79. The molecule has 14 nitrogen and oxygen atoms in total. The van der Waals surface area contributed by atoms with Gasteiger partial charge in [0, 0.05) is 56.1 Å². The molecule has 0 bridgehead atoms. The Balaban J connectivity index is 1.15. The van der Waals surface area contributed by atoms with Gasteiger partial charge in [0.1, 0.15) is 48.1 Å². The fraction of sp³-hybridized carbons (Fsp3) is 0.535. The maximum absolute atomic E-state index is 14.7. The molecular formula is C43H47ClN3O11P. The molecule has 59 heavy (non-hydrogen) atoms. The molecule has 3 aromatic carbocycles. The van der Waals surface area contributed by atoms with Crippen LogP contribution in [-0.4, -0.2) is 81.1 Å². The highest BCUT2D eigenvalue weighted by Gasteiger charge is 2.70. The highest BCUT2D eigenvalue weighted by molar-refractivity contribution is 7.48. The second-order valence-electron chi connectivity index (χ2n) is 15.5. The second kappa shape index (κ2) is 16.7. The zero-order chi connectivity index (χ0) is 40.7. The molecule has 6 aliphatic rings. The molecule has 0 N–H and O–H groups in total. The standard InChI is InChI=1S/C43H47ClN3O11P/c1-2-49-41(21-25-47(26-22-41)30-17-15-29(44)16-18-30)53-39-37-36(56-43(57-37)31-11-3-5-13-33(31)52-34-14-6-4-12-32(34)43)35-38(55-42(54-35)19-7-8-20-42)40(39)58-59(48,50-27-9-23-45)51-28-10-24-46/h3-6,11-18,35-40H,2,7-10,19-22,25-28H2,1H3/t35-,36-,37+,38-,39-,40-/m1/s1. The quantitative estimate of drug-likeness (QED) is 0.0918.